The highest BCUT2D eigenvalue weighted by Crippen LogP contribution is 2.49. The van der Waals surface area contributed by atoms with Gasteiger partial charge in [-0.2, -0.15) is 5.10 Å². The van der Waals surface area contributed by atoms with Gasteiger partial charge in [0.1, 0.15) is 10.8 Å². The fourth-order valence-corrected chi connectivity index (χ4v) is 7.76. The van der Waals surface area contributed by atoms with Gasteiger partial charge in [0.2, 0.25) is 0 Å². The van der Waals surface area contributed by atoms with Crippen molar-refractivity contribution in [2.45, 2.75) is 37.8 Å². The van der Waals surface area contributed by atoms with E-state index in [1.807, 2.05) is 18.3 Å². The van der Waals surface area contributed by atoms with E-state index in [2.05, 4.69) is 20.4 Å². The summed E-state index contributed by atoms with van der Waals surface area (Å²) >= 11 is 3.22. The number of piperidine rings is 1. The standard InChI is InChI=1S/C22H22N6OS2.ClH/c29-17-5-12(13-8-23-24-9-13)1-4-16(17)18-26-19-20(30-18)27-21(31-19)28-10-22(11-28)6-14-2-3-15(7-22)25-14;/h1,4-5,8-9,14-15,25,29H,2-3,6-7,10-11H2,(H,23,24);1H. The van der Waals surface area contributed by atoms with Crippen molar-refractivity contribution in [3.05, 3.63) is 30.6 Å². The van der Waals surface area contributed by atoms with Crippen molar-refractivity contribution in [2.75, 3.05) is 18.0 Å². The average Bonchev–Trinajstić information content (AvgIpc) is 3.50. The summed E-state index contributed by atoms with van der Waals surface area (Å²) in [6, 6.07) is 7.14. The summed E-state index contributed by atoms with van der Waals surface area (Å²) in [5.74, 6) is 0.227. The number of aromatic nitrogens is 4. The van der Waals surface area contributed by atoms with Crippen LogP contribution < -0.4 is 10.2 Å². The molecule has 1 spiro atoms. The first-order valence-corrected chi connectivity index (χ1v) is 12.4. The molecule has 7 rings (SSSR count). The van der Waals surface area contributed by atoms with Gasteiger partial charge in [-0.25, -0.2) is 9.97 Å². The number of phenolic OH excluding ortho intramolecular Hbond substituents is 1. The maximum absolute atomic E-state index is 10.6. The van der Waals surface area contributed by atoms with Gasteiger partial charge in [-0.05, 0) is 43.4 Å². The van der Waals surface area contributed by atoms with Crippen LogP contribution in [0.25, 0.3) is 31.4 Å². The minimum Gasteiger partial charge on any atom is -0.507 e. The molecule has 0 saturated carbocycles. The van der Waals surface area contributed by atoms with E-state index in [4.69, 9.17) is 9.97 Å². The molecule has 3 aromatic heterocycles. The molecule has 2 unspecified atom stereocenters. The van der Waals surface area contributed by atoms with Crippen molar-refractivity contribution in [3.63, 3.8) is 0 Å². The van der Waals surface area contributed by atoms with Crippen LogP contribution in [0.3, 0.4) is 0 Å². The predicted molar refractivity (Wildman–Crippen MR) is 131 cm³/mol. The lowest BCUT2D eigenvalue weighted by atomic mass is 9.70. The average molecular weight is 487 g/mol. The van der Waals surface area contributed by atoms with Crippen LogP contribution in [0.15, 0.2) is 30.6 Å². The van der Waals surface area contributed by atoms with Crippen LogP contribution in [0.1, 0.15) is 25.7 Å². The third-order valence-electron chi connectivity index (χ3n) is 7.04. The minimum atomic E-state index is 0. The summed E-state index contributed by atoms with van der Waals surface area (Å²) in [6.07, 6.45) is 8.89. The highest BCUT2D eigenvalue weighted by atomic mass is 35.5. The van der Waals surface area contributed by atoms with E-state index in [1.165, 1.54) is 25.7 Å². The number of thiazole rings is 2. The molecular formula is C22H23ClN6OS2. The van der Waals surface area contributed by atoms with E-state index in [-0.39, 0.29) is 18.2 Å². The van der Waals surface area contributed by atoms with Gasteiger partial charge in [0.05, 0.1) is 11.8 Å². The number of anilines is 1. The first kappa shape index (κ1) is 20.4. The Morgan fingerprint density at radius 1 is 1.03 bits per heavy atom. The largest absolute Gasteiger partial charge is 0.507 e. The molecule has 0 radical (unpaired) electrons. The Morgan fingerprint density at radius 3 is 2.50 bits per heavy atom. The monoisotopic (exact) mass is 486 g/mol. The first-order valence-electron chi connectivity index (χ1n) is 10.8. The quantitative estimate of drug-likeness (QED) is 0.390. The molecule has 3 aliphatic heterocycles. The number of hydrogen-bond acceptors (Lipinski definition) is 8. The number of aromatic amines is 1. The van der Waals surface area contributed by atoms with E-state index in [0.29, 0.717) is 5.41 Å². The number of phenols is 1. The van der Waals surface area contributed by atoms with Crippen molar-refractivity contribution < 1.29 is 5.11 Å². The summed E-state index contributed by atoms with van der Waals surface area (Å²) in [5, 5.41) is 23.0. The lowest BCUT2D eigenvalue weighted by molar-refractivity contribution is 0.116. The van der Waals surface area contributed by atoms with Gasteiger partial charge in [-0.1, -0.05) is 28.7 Å². The van der Waals surface area contributed by atoms with Crippen LogP contribution in [0.2, 0.25) is 0 Å². The number of rotatable bonds is 3. The number of nitrogens with zero attached hydrogens (tertiary/aromatic N) is 4. The van der Waals surface area contributed by atoms with Crippen molar-refractivity contribution >= 4 is 49.9 Å². The highest BCUT2D eigenvalue weighted by Gasteiger charge is 2.51. The van der Waals surface area contributed by atoms with Crippen LogP contribution in [0, 0.1) is 5.41 Å². The molecule has 1 aromatic carbocycles. The van der Waals surface area contributed by atoms with Crippen LogP contribution in [-0.4, -0.2) is 50.4 Å². The summed E-state index contributed by atoms with van der Waals surface area (Å²) in [6.45, 7) is 2.26. The summed E-state index contributed by atoms with van der Waals surface area (Å²) in [4.78, 5) is 14.0. The smallest absolute Gasteiger partial charge is 0.188 e. The third-order valence-corrected chi connectivity index (χ3v) is 9.16. The second kappa shape index (κ2) is 7.41. The van der Waals surface area contributed by atoms with E-state index in [9.17, 15) is 5.11 Å². The maximum Gasteiger partial charge on any atom is 0.188 e. The van der Waals surface area contributed by atoms with Crippen molar-refractivity contribution in [1.82, 2.24) is 25.5 Å². The number of halogens is 1. The summed E-state index contributed by atoms with van der Waals surface area (Å²) < 4.78 is 0. The van der Waals surface area contributed by atoms with Gasteiger partial charge in [0.15, 0.2) is 14.8 Å². The van der Waals surface area contributed by atoms with Gasteiger partial charge in [-0.3, -0.25) is 5.10 Å². The zero-order chi connectivity index (χ0) is 20.6. The first-order chi connectivity index (χ1) is 15.1. The SMILES string of the molecule is Cl.Oc1cc(-c2cn[nH]c2)ccc1-c1nc2sc(N3CC4(CC5CCC(C4)N5)C3)nc2s1. The fraction of sp³-hybridized carbons (Fsp3) is 0.409. The van der Waals surface area contributed by atoms with Crippen LogP contribution in [-0.2, 0) is 0 Å². The molecule has 10 heteroatoms. The van der Waals surface area contributed by atoms with E-state index in [0.717, 1.165) is 61.7 Å². The molecule has 3 saturated heterocycles. The molecule has 166 valence electrons. The Hall–Kier alpha value is -2.20. The minimum absolute atomic E-state index is 0. The van der Waals surface area contributed by atoms with Crippen LogP contribution in [0.4, 0.5) is 5.13 Å². The Balaban J connectivity index is 0.00000196. The van der Waals surface area contributed by atoms with Crippen molar-refractivity contribution in [3.8, 4) is 27.4 Å². The summed E-state index contributed by atoms with van der Waals surface area (Å²) in [7, 11) is 0. The van der Waals surface area contributed by atoms with E-state index in [1.54, 1.807) is 34.9 Å². The fourth-order valence-electron chi connectivity index (χ4n) is 5.69. The highest BCUT2D eigenvalue weighted by molar-refractivity contribution is 7.29. The topological polar surface area (TPSA) is 90.0 Å². The molecule has 32 heavy (non-hydrogen) atoms. The number of nitrogens with one attached hydrogen (secondary N) is 2. The Kier molecular flexibility index (Phi) is 4.73. The predicted octanol–water partition coefficient (Wildman–Crippen LogP) is 4.66. The molecule has 4 aromatic rings. The van der Waals surface area contributed by atoms with Gasteiger partial charge in [0, 0.05) is 42.3 Å². The number of aromatic hydroxyl groups is 1. The second-order valence-corrected chi connectivity index (χ2v) is 11.2. The molecule has 0 aliphatic carbocycles. The molecule has 3 N–H and O–H groups in total. The van der Waals surface area contributed by atoms with Crippen LogP contribution >= 0.6 is 35.1 Å². The molecule has 6 heterocycles. The normalized spacial score (nSPS) is 23.4. The third kappa shape index (κ3) is 3.22. The molecule has 3 aliphatic rings. The van der Waals surface area contributed by atoms with Crippen molar-refractivity contribution in [2.24, 2.45) is 5.41 Å². The number of benzene rings is 1. The lowest BCUT2D eigenvalue weighted by Crippen LogP contribution is -2.62. The molecule has 7 nitrogen and oxygen atoms in total. The lowest BCUT2D eigenvalue weighted by Gasteiger charge is -2.54. The van der Waals surface area contributed by atoms with Gasteiger partial charge in [-0.15, -0.1) is 12.4 Å². The van der Waals surface area contributed by atoms with Gasteiger partial charge < -0.3 is 15.3 Å². The maximum atomic E-state index is 10.6. The zero-order valence-electron chi connectivity index (χ0n) is 17.2. The van der Waals surface area contributed by atoms with E-state index >= 15 is 0 Å². The molecule has 2 bridgehead atoms. The number of H-pyrrole nitrogens is 1. The number of hydrogen-bond donors (Lipinski definition) is 3. The van der Waals surface area contributed by atoms with E-state index < -0.39 is 0 Å². The molecule has 2 atom stereocenters. The zero-order valence-corrected chi connectivity index (χ0v) is 19.7. The number of fused-ring (bicyclic) bond motifs is 3. The second-order valence-electron chi connectivity index (χ2n) is 9.25. The van der Waals surface area contributed by atoms with Gasteiger partial charge >= 0.3 is 0 Å². The van der Waals surface area contributed by atoms with Gasteiger partial charge in [0.25, 0.3) is 0 Å². The molecular weight excluding hydrogens is 464 g/mol. The molecule has 0 amide bonds. The Morgan fingerprint density at radius 2 is 1.81 bits per heavy atom. The Labute approximate surface area is 199 Å². The summed E-state index contributed by atoms with van der Waals surface area (Å²) in [5.41, 5.74) is 3.11. The molecule has 3 fully saturated rings. The van der Waals surface area contributed by atoms with Crippen molar-refractivity contribution in [1.29, 1.82) is 0 Å². The Bertz CT molecular complexity index is 1230. The van der Waals surface area contributed by atoms with Crippen LogP contribution in [0.5, 0.6) is 5.75 Å².